The van der Waals surface area contributed by atoms with Crippen molar-refractivity contribution in [3.8, 4) is 5.75 Å². The Morgan fingerprint density at radius 3 is 2.67 bits per heavy atom. The molecule has 0 aliphatic carbocycles. The van der Waals surface area contributed by atoms with E-state index in [2.05, 4.69) is 5.32 Å². The molecule has 0 fully saturated rings. The van der Waals surface area contributed by atoms with Gasteiger partial charge in [-0.05, 0) is 24.1 Å². The van der Waals surface area contributed by atoms with E-state index in [1.807, 2.05) is 60.7 Å². The van der Waals surface area contributed by atoms with E-state index in [9.17, 15) is 9.90 Å². The Morgan fingerprint density at radius 1 is 1.12 bits per heavy atom. The summed E-state index contributed by atoms with van der Waals surface area (Å²) in [5.41, 5.74) is 2.65. The first-order valence-corrected chi connectivity index (χ1v) is 8.14. The molecule has 1 heterocycles. The number of hydrogen-bond donors (Lipinski definition) is 2. The summed E-state index contributed by atoms with van der Waals surface area (Å²) in [5.74, 6) is 0.775. The number of aliphatic hydroxyl groups excluding tert-OH is 1. The van der Waals surface area contributed by atoms with E-state index in [1.54, 1.807) is 0 Å². The predicted octanol–water partition coefficient (Wildman–Crippen LogP) is 2.74. The fourth-order valence-corrected chi connectivity index (χ4v) is 2.84. The Hall–Kier alpha value is -2.59. The molecule has 0 aromatic heterocycles. The molecule has 0 spiro atoms. The van der Waals surface area contributed by atoms with Crippen molar-refractivity contribution in [1.29, 1.82) is 0 Å². The van der Waals surface area contributed by atoms with Crippen LogP contribution in [0.15, 0.2) is 60.2 Å². The maximum Gasteiger partial charge on any atom is 0.250 e. The van der Waals surface area contributed by atoms with Crippen LogP contribution in [0, 0.1) is 0 Å². The molecule has 2 N–H and O–H groups in total. The third kappa shape index (κ3) is 3.84. The van der Waals surface area contributed by atoms with Gasteiger partial charge in [-0.1, -0.05) is 48.5 Å². The van der Waals surface area contributed by atoms with Gasteiger partial charge >= 0.3 is 0 Å². The van der Waals surface area contributed by atoms with Crippen LogP contribution >= 0.6 is 0 Å². The first kappa shape index (κ1) is 16.3. The van der Waals surface area contributed by atoms with E-state index in [1.165, 1.54) is 0 Å². The van der Waals surface area contributed by atoms with E-state index in [4.69, 9.17) is 4.74 Å². The number of rotatable bonds is 6. The van der Waals surface area contributed by atoms with Crippen LogP contribution < -0.4 is 10.1 Å². The van der Waals surface area contributed by atoms with Crippen LogP contribution in [-0.2, 0) is 4.79 Å². The van der Waals surface area contributed by atoms with Crippen LogP contribution in [0.1, 0.15) is 23.5 Å². The lowest BCUT2D eigenvalue weighted by molar-refractivity contribution is -0.117. The lowest BCUT2D eigenvalue weighted by Gasteiger charge is -2.20. The molecule has 1 aliphatic heterocycles. The van der Waals surface area contributed by atoms with Gasteiger partial charge in [0, 0.05) is 24.6 Å². The molecule has 2 aromatic rings. The lowest BCUT2D eigenvalue weighted by Crippen LogP contribution is -2.32. The SMILES string of the molecule is O=C(NCC(CCO)c1ccccc1)C1=Cc2ccccc2OC1. The summed E-state index contributed by atoms with van der Waals surface area (Å²) in [6, 6.07) is 17.6. The molecule has 0 bridgehead atoms. The molecule has 1 amide bonds. The third-order valence-electron chi connectivity index (χ3n) is 4.18. The Morgan fingerprint density at radius 2 is 1.88 bits per heavy atom. The van der Waals surface area contributed by atoms with Gasteiger partial charge in [-0.15, -0.1) is 0 Å². The zero-order valence-electron chi connectivity index (χ0n) is 13.4. The maximum atomic E-state index is 12.4. The normalized spacial score (nSPS) is 14.1. The molecule has 0 saturated heterocycles. The number of nitrogens with one attached hydrogen (secondary N) is 1. The maximum absolute atomic E-state index is 12.4. The molecule has 4 heteroatoms. The van der Waals surface area contributed by atoms with Gasteiger partial charge in [-0.3, -0.25) is 4.79 Å². The summed E-state index contributed by atoms with van der Waals surface area (Å²) in [4.78, 5) is 12.4. The predicted molar refractivity (Wildman–Crippen MR) is 93.8 cm³/mol. The molecule has 0 radical (unpaired) electrons. The molecule has 24 heavy (non-hydrogen) atoms. The summed E-state index contributed by atoms with van der Waals surface area (Å²) in [7, 11) is 0. The van der Waals surface area contributed by atoms with Crippen LogP contribution in [0.25, 0.3) is 6.08 Å². The number of amides is 1. The van der Waals surface area contributed by atoms with Gasteiger partial charge in [-0.25, -0.2) is 0 Å². The van der Waals surface area contributed by atoms with Crippen LogP contribution in [0.5, 0.6) is 5.75 Å². The average Bonchev–Trinajstić information content (AvgIpc) is 2.65. The van der Waals surface area contributed by atoms with E-state index in [-0.39, 0.29) is 25.0 Å². The Kier molecular flexibility index (Phi) is 5.29. The van der Waals surface area contributed by atoms with E-state index in [0.717, 1.165) is 16.9 Å². The smallest absolute Gasteiger partial charge is 0.250 e. The van der Waals surface area contributed by atoms with Gasteiger partial charge in [0.25, 0.3) is 5.91 Å². The standard InChI is InChI=1S/C20H21NO3/c22-11-10-17(15-6-2-1-3-7-15)13-21-20(23)18-12-16-8-4-5-9-19(16)24-14-18/h1-9,12,17,22H,10-11,13-14H2,(H,21,23). The molecule has 1 unspecified atom stereocenters. The van der Waals surface area contributed by atoms with Crippen molar-refractivity contribution in [3.05, 3.63) is 71.3 Å². The van der Waals surface area contributed by atoms with Crippen molar-refractivity contribution in [2.45, 2.75) is 12.3 Å². The number of benzene rings is 2. The summed E-state index contributed by atoms with van der Waals surface area (Å²) in [6.45, 7) is 0.857. The zero-order valence-corrected chi connectivity index (χ0v) is 13.4. The van der Waals surface area contributed by atoms with Crippen molar-refractivity contribution in [1.82, 2.24) is 5.32 Å². The number of para-hydroxylation sites is 1. The number of fused-ring (bicyclic) bond motifs is 1. The second-order valence-electron chi connectivity index (χ2n) is 5.83. The molecule has 2 aromatic carbocycles. The van der Waals surface area contributed by atoms with Crippen LogP contribution in [0.4, 0.5) is 0 Å². The largest absolute Gasteiger partial charge is 0.488 e. The van der Waals surface area contributed by atoms with Gasteiger partial charge < -0.3 is 15.2 Å². The van der Waals surface area contributed by atoms with Gasteiger partial charge in [0.2, 0.25) is 0 Å². The minimum Gasteiger partial charge on any atom is -0.488 e. The minimum absolute atomic E-state index is 0.0919. The van der Waals surface area contributed by atoms with Crippen LogP contribution in [-0.4, -0.2) is 30.8 Å². The van der Waals surface area contributed by atoms with Crippen LogP contribution in [0.3, 0.4) is 0 Å². The minimum atomic E-state index is -0.122. The quantitative estimate of drug-likeness (QED) is 0.859. The first-order chi connectivity index (χ1) is 11.8. The van der Waals surface area contributed by atoms with Crippen molar-refractivity contribution in [2.75, 3.05) is 19.8 Å². The Balaban J connectivity index is 1.65. The number of carbonyl (C=O) groups is 1. The van der Waals surface area contributed by atoms with Gasteiger partial charge in [0.15, 0.2) is 0 Å². The number of aliphatic hydroxyl groups is 1. The van der Waals surface area contributed by atoms with E-state index in [0.29, 0.717) is 18.5 Å². The molecule has 1 aliphatic rings. The highest BCUT2D eigenvalue weighted by atomic mass is 16.5. The summed E-state index contributed by atoms with van der Waals surface area (Å²) >= 11 is 0. The monoisotopic (exact) mass is 323 g/mol. The van der Waals surface area contributed by atoms with Crippen molar-refractivity contribution < 1.29 is 14.6 Å². The fraction of sp³-hybridized carbons (Fsp3) is 0.250. The van der Waals surface area contributed by atoms with Crippen molar-refractivity contribution in [2.24, 2.45) is 0 Å². The van der Waals surface area contributed by atoms with Gasteiger partial charge in [0.1, 0.15) is 12.4 Å². The van der Waals surface area contributed by atoms with E-state index >= 15 is 0 Å². The second kappa shape index (κ2) is 7.79. The number of hydrogen-bond acceptors (Lipinski definition) is 3. The molecular weight excluding hydrogens is 302 g/mol. The first-order valence-electron chi connectivity index (χ1n) is 8.14. The van der Waals surface area contributed by atoms with Crippen LogP contribution in [0.2, 0.25) is 0 Å². The third-order valence-corrected chi connectivity index (χ3v) is 4.18. The highest BCUT2D eigenvalue weighted by molar-refractivity contribution is 5.99. The average molecular weight is 323 g/mol. The molecule has 124 valence electrons. The van der Waals surface area contributed by atoms with Crippen molar-refractivity contribution in [3.63, 3.8) is 0 Å². The summed E-state index contributed by atoms with van der Waals surface area (Å²) < 4.78 is 5.63. The van der Waals surface area contributed by atoms with Gasteiger partial charge in [-0.2, -0.15) is 0 Å². The zero-order chi connectivity index (χ0) is 16.8. The molecule has 3 rings (SSSR count). The Labute approximate surface area is 141 Å². The summed E-state index contributed by atoms with van der Waals surface area (Å²) in [6.07, 6.45) is 2.49. The molecule has 0 saturated carbocycles. The highest BCUT2D eigenvalue weighted by Crippen LogP contribution is 2.26. The Bertz CT molecular complexity index is 725. The van der Waals surface area contributed by atoms with Crippen molar-refractivity contribution >= 4 is 12.0 Å². The molecule has 4 nitrogen and oxygen atoms in total. The topological polar surface area (TPSA) is 58.6 Å². The van der Waals surface area contributed by atoms with E-state index < -0.39 is 0 Å². The number of carbonyl (C=O) groups excluding carboxylic acids is 1. The fourth-order valence-electron chi connectivity index (χ4n) is 2.84. The molecule has 1 atom stereocenters. The summed E-state index contributed by atoms with van der Waals surface area (Å²) in [5, 5.41) is 12.2. The molecular formula is C20H21NO3. The highest BCUT2D eigenvalue weighted by Gasteiger charge is 2.18. The van der Waals surface area contributed by atoms with Gasteiger partial charge in [0.05, 0.1) is 5.57 Å². The number of ether oxygens (including phenoxy) is 1. The second-order valence-corrected chi connectivity index (χ2v) is 5.83. The lowest BCUT2D eigenvalue weighted by atomic mass is 9.96.